The van der Waals surface area contributed by atoms with Crippen LogP contribution in [0.25, 0.3) is 0 Å². The third-order valence-electron chi connectivity index (χ3n) is 4.12. The van der Waals surface area contributed by atoms with Crippen LogP contribution in [0.15, 0.2) is 40.0 Å². The second kappa shape index (κ2) is 6.44. The molecular weight excluding hydrogens is 371 g/mol. The zero-order valence-electron chi connectivity index (χ0n) is 13.6. The van der Waals surface area contributed by atoms with Crippen molar-refractivity contribution in [3.05, 3.63) is 57.2 Å². The molecule has 25 heavy (non-hydrogen) atoms. The van der Waals surface area contributed by atoms with Gasteiger partial charge in [0.2, 0.25) is 10.0 Å². The molecule has 1 fully saturated rings. The van der Waals surface area contributed by atoms with Crippen LogP contribution in [0.2, 0.25) is 5.02 Å². The van der Waals surface area contributed by atoms with E-state index in [1.807, 2.05) is 0 Å². The number of halogens is 2. The van der Waals surface area contributed by atoms with Gasteiger partial charge in [-0.1, -0.05) is 11.6 Å². The van der Waals surface area contributed by atoms with Crippen molar-refractivity contribution in [1.29, 1.82) is 0 Å². The van der Waals surface area contributed by atoms with Gasteiger partial charge in [0.15, 0.2) is 0 Å². The highest BCUT2D eigenvalue weighted by molar-refractivity contribution is 7.89. The number of aromatic nitrogens is 1. The second-order valence-electron chi connectivity index (χ2n) is 5.87. The lowest BCUT2D eigenvalue weighted by atomic mass is 10.2. The Hall–Kier alpha value is -1.90. The Kier molecular flexibility index (Phi) is 4.61. The predicted molar refractivity (Wildman–Crippen MR) is 91.0 cm³/mol. The minimum Gasteiger partial charge on any atom is -0.487 e. The van der Waals surface area contributed by atoms with Gasteiger partial charge in [-0.15, -0.1) is 0 Å². The molecule has 134 valence electrons. The number of hydrogen-bond donors (Lipinski definition) is 0. The summed E-state index contributed by atoms with van der Waals surface area (Å²) in [5, 5.41) is -0.245. The van der Waals surface area contributed by atoms with Crippen molar-refractivity contribution < 1.29 is 17.5 Å². The van der Waals surface area contributed by atoms with Crippen LogP contribution in [0.1, 0.15) is 5.69 Å². The molecule has 2 heterocycles. The third kappa shape index (κ3) is 3.42. The smallest absolute Gasteiger partial charge is 0.254 e. The quantitative estimate of drug-likeness (QED) is 0.805. The fraction of sp³-hybridized carbons (Fsp3) is 0.312. The largest absolute Gasteiger partial charge is 0.487 e. The van der Waals surface area contributed by atoms with Crippen LogP contribution in [0.5, 0.6) is 5.75 Å². The van der Waals surface area contributed by atoms with Crippen LogP contribution in [0, 0.1) is 12.7 Å². The fourth-order valence-electron chi connectivity index (χ4n) is 2.46. The van der Waals surface area contributed by atoms with E-state index < -0.39 is 15.8 Å². The molecule has 0 atom stereocenters. The van der Waals surface area contributed by atoms with Gasteiger partial charge < -0.3 is 9.30 Å². The lowest BCUT2D eigenvalue weighted by Crippen LogP contribution is -2.56. The zero-order valence-corrected chi connectivity index (χ0v) is 15.1. The van der Waals surface area contributed by atoms with Crippen molar-refractivity contribution in [2.45, 2.75) is 17.9 Å². The Morgan fingerprint density at radius 1 is 1.24 bits per heavy atom. The number of rotatable bonds is 4. The highest BCUT2D eigenvalue weighted by atomic mass is 35.5. The highest BCUT2D eigenvalue weighted by Gasteiger charge is 2.38. The minimum absolute atomic E-state index is 0.0678. The molecule has 6 nitrogen and oxygen atoms in total. The second-order valence-corrected chi connectivity index (χ2v) is 8.21. The van der Waals surface area contributed by atoms with E-state index in [1.165, 1.54) is 21.0 Å². The standard InChI is InChI=1S/C16H16ClFN2O4S/c1-10-5-11(6-16(21)19(10)2)24-12-8-20(9-12)25(22,23)13-3-4-15(18)14(17)7-13/h3-7,12H,8-9H2,1-2H3. The summed E-state index contributed by atoms with van der Waals surface area (Å²) < 4.78 is 46.5. The number of ether oxygens (including phenoxy) is 1. The molecule has 0 N–H and O–H groups in total. The molecule has 1 aromatic carbocycles. The van der Waals surface area contributed by atoms with E-state index in [0.717, 1.165) is 17.8 Å². The summed E-state index contributed by atoms with van der Waals surface area (Å²) in [7, 11) is -2.09. The first-order chi connectivity index (χ1) is 11.7. The molecule has 0 spiro atoms. The molecule has 1 aliphatic heterocycles. The first kappa shape index (κ1) is 17.9. The van der Waals surface area contributed by atoms with Crippen LogP contribution in [0.3, 0.4) is 0 Å². The Morgan fingerprint density at radius 3 is 2.52 bits per heavy atom. The summed E-state index contributed by atoms with van der Waals surface area (Å²) in [5.41, 5.74) is 0.548. The molecule has 0 amide bonds. The summed E-state index contributed by atoms with van der Waals surface area (Å²) >= 11 is 5.65. The number of nitrogens with zero attached hydrogens (tertiary/aromatic N) is 2. The molecule has 0 radical (unpaired) electrons. The molecule has 9 heteroatoms. The van der Waals surface area contributed by atoms with Gasteiger partial charge in [0.05, 0.1) is 23.0 Å². The number of benzene rings is 1. The summed E-state index contributed by atoms with van der Waals surface area (Å²) in [6.07, 6.45) is -0.350. The molecule has 0 aliphatic carbocycles. The van der Waals surface area contributed by atoms with Crippen molar-refractivity contribution in [3.63, 3.8) is 0 Å². The van der Waals surface area contributed by atoms with Crippen LogP contribution in [-0.4, -0.2) is 36.5 Å². The van der Waals surface area contributed by atoms with Crippen molar-refractivity contribution in [3.8, 4) is 5.75 Å². The van der Waals surface area contributed by atoms with Gasteiger partial charge in [0.25, 0.3) is 5.56 Å². The maximum Gasteiger partial charge on any atom is 0.254 e. The molecule has 2 aromatic rings. The van der Waals surface area contributed by atoms with E-state index in [-0.39, 0.29) is 34.7 Å². The maximum absolute atomic E-state index is 13.2. The molecule has 0 bridgehead atoms. The summed E-state index contributed by atoms with van der Waals surface area (Å²) in [6.45, 7) is 2.07. The van der Waals surface area contributed by atoms with Gasteiger partial charge in [-0.3, -0.25) is 4.79 Å². The number of aryl methyl sites for hydroxylation is 1. The maximum atomic E-state index is 13.2. The van der Waals surface area contributed by atoms with Crippen molar-refractivity contribution in [2.75, 3.05) is 13.1 Å². The summed E-state index contributed by atoms with van der Waals surface area (Å²) in [5.74, 6) is -0.265. The van der Waals surface area contributed by atoms with E-state index in [9.17, 15) is 17.6 Å². The lowest BCUT2D eigenvalue weighted by Gasteiger charge is -2.37. The lowest BCUT2D eigenvalue weighted by molar-refractivity contribution is 0.0759. The number of sulfonamides is 1. The first-order valence-electron chi connectivity index (χ1n) is 7.48. The molecular formula is C16H16ClFN2O4S. The van der Waals surface area contributed by atoms with Crippen LogP contribution in [-0.2, 0) is 17.1 Å². The average molecular weight is 387 g/mol. The Labute approximate surface area is 149 Å². The Bertz CT molecular complexity index is 984. The minimum atomic E-state index is -3.75. The van der Waals surface area contributed by atoms with E-state index in [4.69, 9.17) is 16.3 Å². The van der Waals surface area contributed by atoms with Crippen molar-refractivity contribution in [2.24, 2.45) is 7.05 Å². The third-order valence-corrected chi connectivity index (χ3v) is 6.24. The molecule has 0 unspecified atom stereocenters. The van der Waals surface area contributed by atoms with Crippen molar-refractivity contribution >= 4 is 21.6 Å². The van der Waals surface area contributed by atoms with Gasteiger partial charge in [-0.2, -0.15) is 4.31 Å². The van der Waals surface area contributed by atoms with Crippen LogP contribution < -0.4 is 10.3 Å². The van der Waals surface area contributed by atoms with E-state index >= 15 is 0 Å². The molecule has 0 saturated carbocycles. The number of pyridine rings is 1. The van der Waals surface area contributed by atoms with Gasteiger partial charge >= 0.3 is 0 Å². The number of hydrogen-bond acceptors (Lipinski definition) is 4. The van der Waals surface area contributed by atoms with Gasteiger partial charge in [-0.25, -0.2) is 12.8 Å². The van der Waals surface area contributed by atoms with E-state index in [0.29, 0.717) is 5.75 Å². The topological polar surface area (TPSA) is 68.6 Å². The molecule has 1 saturated heterocycles. The SMILES string of the molecule is Cc1cc(OC2CN(S(=O)(=O)c3ccc(F)c(Cl)c3)C2)cc(=O)n1C. The monoisotopic (exact) mass is 386 g/mol. The first-order valence-corrected chi connectivity index (χ1v) is 9.30. The van der Waals surface area contributed by atoms with Crippen LogP contribution >= 0.6 is 11.6 Å². The molecule has 1 aliphatic rings. The average Bonchev–Trinajstić information content (AvgIpc) is 2.50. The summed E-state index contributed by atoms with van der Waals surface area (Å²) in [4.78, 5) is 11.7. The Morgan fingerprint density at radius 2 is 1.92 bits per heavy atom. The normalized spacial score (nSPS) is 15.8. The van der Waals surface area contributed by atoms with Gasteiger partial charge in [0, 0.05) is 18.8 Å². The van der Waals surface area contributed by atoms with Crippen LogP contribution in [0.4, 0.5) is 4.39 Å². The Balaban J connectivity index is 1.69. The zero-order chi connectivity index (χ0) is 18.4. The fourth-order valence-corrected chi connectivity index (χ4v) is 4.23. The van der Waals surface area contributed by atoms with E-state index in [1.54, 1.807) is 20.0 Å². The predicted octanol–water partition coefficient (Wildman–Crippen LogP) is 1.94. The molecule has 3 rings (SSSR count). The summed E-state index contributed by atoms with van der Waals surface area (Å²) in [6, 6.07) is 6.37. The van der Waals surface area contributed by atoms with Gasteiger partial charge in [-0.05, 0) is 31.2 Å². The molecule has 1 aromatic heterocycles. The van der Waals surface area contributed by atoms with Gasteiger partial charge in [0.1, 0.15) is 17.7 Å². The highest BCUT2D eigenvalue weighted by Crippen LogP contribution is 2.27. The van der Waals surface area contributed by atoms with E-state index in [2.05, 4.69) is 0 Å². The van der Waals surface area contributed by atoms with Crippen molar-refractivity contribution in [1.82, 2.24) is 8.87 Å².